The Balaban J connectivity index is 2.86. The molecule has 5 heteroatoms. The third-order valence-electron chi connectivity index (χ3n) is 1.43. The smallest absolute Gasteiger partial charge is 0.267 e. The quantitative estimate of drug-likeness (QED) is 0.391. The van der Waals surface area contributed by atoms with Crippen molar-refractivity contribution in [2.24, 2.45) is 0 Å². The number of amides is 1. The van der Waals surface area contributed by atoms with Crippen molar-refractivity contribution in [2.75, 3.05) is 20.2 Å². The van der Waals surface area contributed by atoms with Crippen LogP contribution in [0.15, 0.2) is 11.5 Å². The molecule has 1 saturated heterocycles. The van der Waals surface area contributed by atoms with Gasteiger partial charge in [-0.25, -0.2) is 0 Å². The molecule has 1 rings (SSSR count). The minimum Gasteiger partial charge on any atom is -0.476 e. The molecule has 12 heavy (non-hydrogen) atoms. The van der Waals surface area contributed by atoms with Crippen molar-refractivity contribution in [1.82, 2.24) is 10.6 Å². The van der Waals surface area contributed by atoms with E-state index >= 15 is 0 Å². The Morgan fingerprint density at radius 3 is 3.00 bits per heavy atom. The first-order valence-corrected chi connectivity index (χ1v) is 3.52. The van der Waals surface area contributed by atoms with E-state index < -0.39 is 5.91 Å². The second-order valence-corrected chi connectivity index (χ2v) is 2.17. The van der Waals surface area contributed by atoms with Crippen molar-refractivity contribution < 1.29 is 9.53 Å². The lowest BCUT2D eigenvalue weighted by Crippen LogP contribution is -2.23. The van der Waals surface area contributed by atoms with Crippen LogP contribution >= 0.6 is 0 Å². The lowest BCUT2D eigenvalue weighted by atomic mass is 10.3. The number of ether oxygens (including phenoxy) is 1. The summed E-state index contributed by atoms with van der Waals surface area (Å²) in [6.45, 7) is 1.13. The molecule has 0 bridgehead atoms. The third kappa shape index (κ3) is 1.48. The van der Waals surface area contributed by atoms with Gasteiger partial charge in [-0.1, -0.05) is 0 Å². The second-order valence-electron chi connectivity index (χ2n) is 2.17. The summed E-state index contributed by atoms with van der Waals surface area (Å²) in [6, 6.07) is 1.77. The number of nitriles is 1. The Bertz CT molecular complexity index is 256. The zero-order chi connectivity index (χ0) is 8.97. The first kappa shape index (κ1) is 8.40. The molecule has 0 aromatic rings. The van der Waals surface area contributed by atoms with Gasteiger partial charge in [-0.15, -0.1) is 0 Å². The number of likely N-dealkylation sites (N-methyl/N-ethyl adjacent to an activating group) is 1. The minimum atomic E-state index is -0.429. The maximum atomic E-state index is 11.0. The number of carbonyl (C=O) groups excluding carboxylic acids is 1. The summed E-state index contributed by atoms with van der Waals surface area (Å²) in [4.78, 5) is 11.0. The summed E-state index contributed by atoms with van der Waals surface area (Å²) in [6.07, 6.45) is 0. The summed E-state index contributed by atoms with van der Waals surface area (Å²) in [5.41, 5.74) is -0.00463. The Labute approximate surface area is 70.0 Å². The van der Waals surface area contributed by atoms with Crippen LogP contribution in [0.5, 0.6) is 0 Å². The molecule has 1 fully saturated rings. The lowest BCUT2D eigenvalue weighted by molar-refractivity contribution is -0.116. The van der Waals surface area contributed by atoms with Crippen LogP contribution in [0, 0.1) is 11.3 Å². The molecule has 1 aliphatic heterocycles. The highest BCUT2D eigenvalue weighted by Crippen LogP contribution is 2.06. The average molecular weight is 167 g/mol. The second kappa shape index (κ2) is 3.62. The standard InChI is InChI=1S/C7H9N3O2/c1-9-6(11)5(4-8)7-10-2-3-12-7/h10H,2-3H2,1H3,(H,9,11)/b7-5+. The first-order chi connectivity index (χ1) is 5.79. The summed E-state index contributed by atoms with van der Waals surface area (Å²) in [5.74, 6) is -0.154. The molecule has 0 aliphatic carbocycles. The van der Waals surface area contributed by atoms with Gasteiger partial charge in [-0.2, -0.15) is 5.26 Å². The molecule has 0 unspecified atom stereocenters. The van der Waals surface area contributed by atoms with Gasteiger partial charge in [-0.3, -0.25) is 4.79 Å². The Kier molecular flexibility index (Phi) is 2.53. The van der Waals surface area contributed by atoms with Crippen LogP contribution in [-0.4, -0.2) is 26.1 Å². The zero-order valence-corrected chi connectivity index (χ0v) is 6.68. The fourth-order valence-electron chi connectivity index (χ4n) is 0.859. The Morgan fingerprint density at radius 1 is 1.83 bits per heavy atom. The molecule has 1 aliphatic rings. The van der Waals surface area contributed by atoms with E-state index in [0.29, 0.717) is 13.2 Å². The average Bonchev–Trinajstić information content (AvgIpc) is 2.58. The van der Waals surface area contributed by atoms with E-state index in [1.54, 1.807) is 6.07 Å². The van der Waals surface area contributed by atoms with Crippen LogP contribution in [0.4, 0.5) is 0 Å². The van der Waals surface area contributed by atoms with Crippen LogP contribution in [-0.2, 0) is 9.53 Å². The molecule has 0 spiro atoms. The van der Waals surface area contributed by atoms with Gasteiger partial charge >= 0.3 is 0 Å². The number of rotatable bonds is 1. The van der Waals surface area contributed by atoms with E-state index in [0.717, 1.165) is 0 Å². The van der Waals surface area contributed by atoms with Crippen molar-refractivity contribution in [3.8, 4) is 6.07 Å². The summed E-state index contributed by atoms with van der Waals surface area (Å²) in [5, 5.41) is 13.7. The van der Waals surface area contributed by atoms with Crippen LogP contribution in [0.1, 0.15) is 0 Å². The van der Waals surface area contributed by atoms with Crippen molar-refractivity contribution >= 4 is 5.91 Å². The fourth-order valence-corrected chi connectivity index (χ4v) is 0.859. The van der Waals surface area contributed by atoms with Crippen molar-refractivity contribution in [3.05, 3.63) is 11.5 Å². The maximum Gasteiger partial charge on any atom is 0.267 e. The number of nitrogens with one attached hydrogen (secondary N) is 2. The topological polar surface area (TPSA) is 74.2 Å². The molecular formula is C7H9N3O2. The monoisotopic (exact) mass is 167 g/mol. The number of hydrogen-bond donors (Lipinski definition) is 2. The van der Waals surface area contributed by atoms with Crippen LogP contribution < -0.4 is 10.6 Å². The van der Waals surface area contributed by atoms with E-state index in [2.05, 4.69) is 10.6 Å². The highest BCUT2D eigenvalue weighted by Gasteiger charge is 2.18. The SMILES string of the molecule is CNC(=O)/C(C#N)=C1\NCCO1. The summed E-state index contributed by atoms with van der Waals surface area (Å²) < 4.78 is 5.01. The van der Waals surface area contributed by atoms with Gasteiger partial charge in [0.05, 0.1) is 6.54 Å². The molecule has 0 radical (unpaired) electrons. The van der Waals surface area contributed by atoms with Gasteiger partial charge < -0.3 is 15.4 Å². The van der Waals surface area contributed by atoms with Crippen molar-refractivity contribution in [2.45, 2.75) is 0 Å². The largest absolute Gasteiger partial charge is 0.476 e. The van der Waals surface area contributed by atoms with Gasteiger partial charge in [0, 0.05) is 7.05 Å². The maximum absolute atomic E-state index is 11.0. The lowest BCUT2D eigenvalue weighted by Gasteiger charge is -2.01. The highest BCUT2D eigenvalue weighted by atomic mass is 16.5. The molecule has 1 heterocycles. The van der Waals surface area contributed by atoms with E-state index in [4.69, 9.17) is 10.00 Å². The molecule has 64 valence electrons. The predicted molar refractivity (Wildman–Crippen MR) is 40.7 cm³/mol. The molecule has 5 nitrogen and oxygen atoms in total. The molecular weight excluding hydrogens is 158 g/mol. The van der Waals surface area contributed by atoms with Gasteiger partial charge in [0.2, 0.25) is 5.88 Å². The van der Waals surface area contributed by atoms with E-state index in [9.17, 15) is 4.79 Å². The van der Waals surface area contributed by atoms with Gasteiger partial charge in [0.1, 0.15) is 12.7 Å². The van der Waals surface area contributed by atoms with Gasteiger partial charge in [-0.05, 0) is 0 Å². The summed E-state index contributed by atoms with van der Waals surface area (Å²) in [7, 11) is 1.47. The molecule has 2 N–H and O–H groups in total. The molecule has 0 aromatic carbocycles. The van der Waals surface area contributed by atoms with E-state index in [-0.39, 0.29) is 11.5 Å². The number of carbonyl (C=O) groups is 1. The van der Waals surface area contributed by atoms with Crippen LogP contribution in [0.25, 0.3) is 0 Å². The van der Waals surface area contributed by atoms with E-state index in [1.807, 2.05) is 0 Å². The van der Waals surface area contributed by atoms with Crippen molar-refractivity contribution in [1.29, 1.82) is 5.26 Å². The molecule has 0 atom stereocenters. The van der Waals surface area contributed by atoms with Crippen LogP contribution in [0.3, 0.4) is 0 Å². The normalized spacial score (nSPS) is 18.7. The van der Waals surface area contributed by atoms with Gasteiger partial charge in [0.15, 0.2) is 5.57 Å². The zero-order valence-electron chi connectivity index (χ0n) is 6.68. The highest BCUT2D eigenvalue weighted by molar-refractivity contribution is 5.97. The number of hydrogen-bond acceptors (Lipinski definition) is 4. The third-order valence-corrected chi connectivity index (χ3v) is 1.43. The first-order valence-electron chi connectivity index (χ1n) is 3.52. The molecule has 0 aromatic heterocycles. The molecule has 1 amide bonds. The van der Waals surface area contributed by atoms with Crippen LogP contribution in [0.2, 0.25) is 0 Å². The number of nitrogens with zero attached hydrogens (tertiary/aromatic N) is 1. The van der Waals surface area contributed by atoms with Crippen molar-refractivity contribution in [3.63, 3.8) is 0 Å². The van der Waals surface area contributed by atoms with Gasteiger partial charge in [0.25, 0.3) is 5.91 Å². The Morgan fingerprint density at radius 2 is 2.58 bits per heavy atom. The minimum absolute atomic E-state index is 0.00463. The van der Waals surface area contributed by atoms with E-state index in [1.165, 1.54) is 7.05 Å². The fraction of sp³-hybridized carbons (Fsp3) is 0.429. The summed E-state index contributed by atoms with van der Waals surface area (Å²) >= 11 is 0. The predicted octanol–water partition coefficient (Wildman–Crippen LogP) is -0.913. The Hall–Kier alpha value is -1.70. The molecule has 0 saturated carbocycles.